The lowest BCUT2D eigenvalue weighted by Gasteiger charge is -2.33. The van der Waals surface area contributed by atoms with Crippen molar-refractivity contribution in [3.63, 3.8) is 0 Å². The van der Waals surface area contributed by atoms with Crippen LogP contribution in [0, 0.1) is 0 Å². The second-order valence-corrected chi connectivity index (χ2v) is 6.53. The number of rotatable bonds is 5. The normalized spacial score (nSPS) is 18.1. The molecule has 8 heteroatoms. The standard InChI is InChI=1S/C18H21F3N4O/c19-18(20,21)7-6-16(26)24-10-3-4-14(12-24)17-23-9-11-25(17)13-15-5-1-2-8-22-15/h1-2,5,8-9,11,14H,3-4,6-7,10,12-13H2/t14-/m1/s1. The number of amides is 1. The predicted molar refractivity (Wildman–Crippen MR) is 89.4 cm³/mol. The van der Waals surface area contributed by atoms with Gasteiger partial charge in [0.1, 0.15) is 5.82 Å². The van der Waals surface area contributed by atoms with Crippen LogP contribution in [0.25, 0.3) is 0 Å². The predicted octanol–water partition coefficient (Wildman–Crippen LogP) is 3.37. The third kappa shape index (κ3) is 4.83. The maximum atomic E-state index is 12.4. The Bertz CT molecular complexity index is 730. The van der Waals surface area contributed by atoms with Crippen LogP contribution in [-0.2, 0) is 11.3 Å². The molecule has 0 saturated carbocycles. The summed E-state index contributed by atoms with van der Waals surface area (Å²) in [7, 11) is 0. The molecule has 0 unspecified atom stereocenters. The van der Waals surface area contributed by atoms with E-state index in [1.807, 2.05) is 29.0 Å². The minimum absolute atomic E-state index is 0.0253. The summed E-state index contributed by atoms with van der Waals surface area (Å²) >= 11 is 0. The van der Waals surface area contributed by atoms with Gasteiger partial charge in [-0.15, -0.1) is 0 Å². The lowest BCUT2D eigenvalue weighted by molar-refractivity contribution is -0.149. The molecular weight excluding hydrogens is 345 g/mol. The first kappa shape index (κ1) is 18.4. The molecule has 0 aliphatic carbocycles. The van der Waals surface area contributed by atoms with E-state index in [9.17, 15) is 18.0 Å². The summed E-state index contributed by atoms with van der Waals surface area (Å²) in [6.45, 7) is 1.50. The topological polar surface area (TPSA) is 51.0 Å². The number of carbonyl (C=O) groups excluding carboxylic acids is 1. The minimum Gasteiger partial charge on any atom is -0.342 e. The molecule has 0 bridgehead atoms. The van der Waals surface area contributed by atoms with Gasteiger partial charge in [0.2, 0.25) is 5.91 Å². The van der Waals surface area contributed by atoms with Crippen LogP contribution in [0.4, 0.5) is 13.2 Å². The summed E-state index contributed by atoms with van der Waals surface area (Å²) in [5, 5.41) is 0. The maximum Gasteiger partial charge on any atom is 0.389 e. The number of hydrogen-bond donors (Lipinski definition) is 0. The van der Waals surface area contributed by atoms with Crippen LogP contribution < -0.4 is 0 Å². The van der Waals surface area contributed by atoms with Gasteiger partial charge in [0.15, 0.2) is 0 Å². The Labute approximate surface area is 149 Å². The van der Waals surface area contributed by atoms with E-state index in [0.29, 0.717) is 19.6 Å². The van der Waals surface area contributed by atoms with E-state index >= 15 is 0 Å². The Morgan fingerprint density at radius 3 is 2.81 bits per heavy atom. The number of likely N-dealkylation sites (tertiary alicyclic amines) is 1. The molecule has 1 atom stereocenters. The zero-order chi connectivity index (χ0) is 18.6. The van der Waals surface area contributed by atoms with Gasteiger partial charge in [-0.2, -0.15) is 13.2 Å². The summed E-state index contributed by atoms with van der Waals surface area (Å²) < 4.78 is 39.1. The van der Waals surface area contributed by atoms with Crippen molar-refractivity contribution in [3.8, 4) is 0 Å². The summed E-state index contributed by atoms with van der Waals surface area (Å²) in [6.07, 6.45) is 1.08. The second kappa shape index (κ2) is 7.88. The zero-order valence-electron chi connectivity index (χ0n) is 14.3. The summed E-state index contributed by atoms with van der Waals surface area (Å²) in [4.78, 5) is 22.4. The zero-order valence-corrected chi connectivity index (χ0v) is 14.3. The molecule has 3 heterocycles. The van der Waals surface area contributed by atoms with Crippen LogP contribution in [0.15, 0.2) is 36.8 Å². The molecule has 26 heavy (non-hydrogen) atoms. The molecule has 3 rings (SSSR count). The van der Waals surface area contributed by atoms with Gasteiger partial charge in [0, 0.05) is 44.0 Å². The molecule has 1 saturated heterocycles. The lowest BCUT2D eigenvalue weighted by Crippen LogP contribution is -2.40. The molecule has 1 aliphatic rings. The van der Waals surface area contributed by atoms with Crippen molar-refractivity contribution in [1.82, 2.24) is 19.4 Å². The fourth-order valence-corrected chi connectivity index (χ4v) is 3.30. The van der Waals surface area contributed by atoms with Gasteiger partial charge in [-0.3, -0.25) is 9.78 Å². The van der Waals surface area contributed by atoms with Gasteiger partial charge in [-0.25, -0.2) is 4.98 Å². The number of aromatic nitrogens is 3. The van der Waals surface area contributed by atoms with Crippen LogP contribution in [0.1, 0.15) is 43.1 Å². The average Bonchev–Trinajstić information content (AvgIpc) is 3.08. The first-order valence-electron chi connectivity index (χ1n) is 8.68. The molecule has 5 nitrogen and oxygen atoms in total. The van der Waals surface area contributed by atoms with Gasteiger partial charge in [-0.05, 0) is 25.0 Å². The van der Waals surface area contributed by atoms with E-state index in [1.165, 1.54) is 0 Å². The lowest BCUT2D eigenvalue weighted by atomic mass is 9.96. The second-order valence-electron chi connectivity index (χ2n) is 6.53. The Morgan fingerprint density at radius 1 is 1.23 bits per heavy atom. The monoisotopic (exact) mass is 366 g/mol. The summed E-state index contributed by atoms with van der Waals surface area (Å²) in [6, 6.07) is 5.70. The van der Waals surface area contributed by atoms with Crippen molar-refractivity contribution in [2.45, 2.75) is 44.3 Å². The number of alkyl halides is 3. The highest BCUT2D eigenvalue weighted by atomic mass is 19.4. The van der Waals surface area contributed by atoms with Gasteiger partial charge < -0.3 is 9.47 Å². The highest BCUT2D eigenvalue weighted by molar-refractivity contribution is 5.76. The van der Waals surface area contributed by atoms with Gasteiger partial charge in [0.05, 0.1) is 18.7 Å². The van der Waals surface area contributed by atoms with Crippen molar-refractivity contribution >= 4 is 5.91 Å². The van der Waals surface area contributed by atoms with E-state index in [2.05, 4.69) is 9.97 Å². The number of imidazole rings is 1. The van der Waals surface area contributed by atoms with Gasteiger partial charge >= 0.3 is 6.18 Å². The molecule has 0 aromatic carbocycles. The van der Waals surface area contributed by atoms with E-state index in [-0.39, 0.29) is 5.92 Å². The number of halogens is 3. The number of nitrogens with zero attached hydrogens (tertiary/aromatic N) is 4. The Balaban J connectivity index is 1.65. The van der Waals surface area contributed by atoms with Crippen LogP contribution in [0.2, 0.25) is 0 Å². The largest absolute Gasteiger partial charge is 0.389 e. The van der Waals surface area contributed by atoms with E-state index in [4.69, 9.17) is 0 Å². The van der Waals surface area contributed by atoms with Crippen LogP contribution in [0.5, 0.6) is 0 Å². The molecule has 2 aromatic rings. The number of hydrogen-bond acceptors (Lipinski definition) is 3. The van der Waals surface area contributed by atoms with Crippen molar-refractivity contribution in [2.75, 3.05) is 13.1 Å². The van der Waals surface area contributed by atoms with Crippen LogP contribution >= 0.6 is 0 Å². The Kier molecular flexibility index (Phi) is 5.58. The minimum atomic E-state index is -4.30. The number of carbonyl (C=O) groups is 1. The van der Waals surface area contributed by atoms with Gasteiger partial charge in [-0.1, -0.05) is 6.07 Å². The van der Waals surface area contributed by atoms with Crippen LogP contribution in [0.3, 0.4) is 0 Å². The SMILES string of the molecule is O=C(CCC(F)(F)F)N1CCC[C@@H](c2nccn2Cc2ccccn2)C1. The number of pyridine rings is 1. The fraction of sp³-hybridized carbons (Fsp3) is 0.500. The molecule has 0 radical (unpaired) electrons. The summed E-state index contributed by atoms with van der Waals surface area (Å²) in [5.41, 5.74) is 0.903. The first-order chi connectivity index (χ1) is 12.4. The molecule has 0 spiro atoms. The van der Waals surface area contributed by atoms with Crippen molar-refractivity contribution in [3.05, 3.63) is 48.3 Å². The maximum absolute atomic E-state index is 12.4. The van der Waals surface area contributed by atoms with Gasteiger partial charge in [0.25, 0.3) is 0 Å². The van der Waals surface area contributed by atoms with Crippen molar-refractivity contribution in [2.24, 2.45) is 0 Å². The molecule has 0 N–H and O–H groups in total. The Morgan fingerprint density at radius 2 is 2.08 bits per heavy atom. The molecule has 1 amide bonds. The first-order valence-corrected chi connectivity index (χ1v) is 8.68. The smallest absolute Gasteiger partial charge is 0.342 e. The molecule has 1 aliphatic heterocycles. The average molecular weight is 366 g/mol. The third-order valence-corrected chi connectivity index (χ3v) is 4.57. The highest BCUT2D eigenvalue weighted by Gasteiger charge is 2.31. The number of piperidine rings is 1. The molecule has 2 aromatic heterocycles. The quantitative estimate of drug-likeness (QED) is 0.815. The summed E-state index contributed by atoms with van der Waals surface area (Å²) in [5.74, 6) is 0.441. The van der Waals surface area contributed by atoms with E-state index < -0.39 is 24.9 Å². The van der Waals surface area contributed by atoms with Crippen molar-refractivity contribution < 1.29 is 18.0 Å². The fourth-order valence-electron chi connectivity index (χ4n) is 3.30. The van der Waals surface area contributed by atoms with Crippen molar-refractivity contribution in [1.29, 1.82) is 0 Å². The Hall–Kier alpha value is -2.38. The van der Waals surface area contributed by atoms with E-state index in [0.717, 1.165) is 24.4 Å². The van der Waals surface area contributed by atoms with Crippen LogP contribution in [-0.4, -0.2) is 44.6 Å². The molecular formula is C18H21F3N4O. The molecule has 1 fully saturated rings. The third-order valence-electron chi connectivity index (χ3n) is 4.57. The highest BCUT2D eigenvalue weighted by Crippen LogP contribution is 2.28. The molecule has 140 valence electrons. The van der Waals surface area contributed by atoms with E-state index in [1.54, 1.807) is 17.3 Å².